The van der Waals surface area contributed by atoms with E-state index in [4.69, 9.17) is 14.2 Å². The summed E-state index contributed by atoms with van der Waals surface area (Å²) >= 11 is 0. The minimum atomic E-state index is -0.777. The van der Waals surface area contributed by atoms with Crippen molar-refractivity contribution in [2.24, 2.45) is 0 Å². The molecule has 0 amide bonds. The summed E-state index contributed by atoms with van der Waals surface area (Å²) in [7, 11) is 0. The quantitative estimate of drug-likeness (QED) is 0.0261. The maximum absolute atomic E-state index is 12.9. The van der Waals surface area contributed by atoms with Crippen LogP contribution in [0.25, 0.3) is 0 Å². The monoisotopic (exact) mass is 1080 g/mol. The summed E-state index contributed by atoms with van der Waals surface area (Å²) in [6.45, 7) is 6.68. The minimum absolute atomic E-state index is 0.0718. The molecule has 77 heavy (non-hydrogen) atoms. The molecule has 0 rings (SSSR count). The third-order valence-electron chi connectivity index (χ3n) is 15.6. The fourth-order valence-electron chi connectivity index (χ4n) is 10.5. The first-order valence-electron chi connectivity index (χ1n) is 34.5. The Morgan fingerprint density at radius 1 is 0.260 bits per heavy atom. The Balaban J connectivity index is 4.33. The van der Waals surface area contributed by atoms with Gasteiger partial charge in [-0.05, 0) is 57.8 Å². The second-order valence-corrected chi connectivity index (χ2v) is 23.5. The van der Waals surface area contributed by atoms with Gasteiger partial charge in [-0.3, -0.25) is 14.4 Å². The lowest BCUT2D eigenvalue weighted by molar-refractivity contribution is -0.167. The van der Waals surface area contributed by atoms with Crippen LogP contribution in [0, 0.1) is 0 Å². The Morgan fingerprint density at radius 2 is 0.468 bits per heavy atom. The molecule has 0 aliphatic rings. The van der Waals surface area contributed by atoms with Gasteiger partial charge in [0.25, 0.3) is 0 Å². The van der Waals surface area contributed by atoms with E-state index in [1.54, 1.807) is 0 Å². The molecular weight excluding hydrogens is 949 g/mol. The maximum atomic E-state index is 12.9. The molecular formula is C71H132O6. The number of carbonyl (C=O) groups is 3. The summed E-state index contributed by atoms with van der Waals surface area (Å²) in [6.07, 6.45) is 81.6. The minimum Gasteiger partial charge on any atom is -0.462 e. The number of rotatable bonds is 64. The van der Waals surface area contributed by atoms with Crippen LogP contribution in [-0.2, 0) is 28.6 Å². The lowest BCUT2D eigenvalue weighted by Crippen LogP contribution is -2.30. The number of hydrogen-bond donors (Lipinski definition) is 0. The molecule has 0 aliphatic heterocycles. The van der Waals surface area contributed by atoms with Crippen molar-refractivity contribution in [1.82, 2.24) is 0 Å². The molecule has 0 radical (unpaired) electrons. The van der Waals surface area contributed by atoms with Gasteiger partial charge in [-0.25, -0.2) is 0 Å². The second kappa shape index (κ2) is 66.1. The van der Waals surface area contributed by atoms with Crippen LogP contribution in [0.1, 0.15) is 380 Å². The number of ether oxygens (including phenoxy) is 3. The number of unbranched alkanes of at least 4 members (excludes halogenated alkanes) is 47. The summed E-state index contributed by atoms with van der Waals surface area (Å²) in [5.74, 6) is -0.854. The molecule has 452 valence electrons. The van der Waals surface area contributed by atoms with Gasteiger partial charge in [0.15, 0.2) is 6.10 Å². The average molecular weight is 1080 g/mol. The van der Waals surface area contributed by atoms with Crippen molar-refractivity contribution in [3.63, 3.8) is 0 Å². The predicted octanol–water partition coefficient (Wildman–Crippen LogP) is 23.6. The van der Waals surface area contributed by atoms with Crippen molar-refractivity contribution in [2.45, 2.75) is 386 Å². The standard InChI is InChI=1S/C71H132O6/c1-4-7-10-13-16-19-22-25-28-31-34-35-38-40-43-46-49-52-55-58-61-64-70(73)76-67-68(77-71(74)65-62-59-56-53-50-47-44-41-37-33-30-27-24-21-18-15-12-9-6-3)66-75-69(72)63-60-57-54-51-48-45-42-39-36-32-29-26-23-20-17-14-11-8-5-2/h18,21,27,30,37,41,68H,4-17,19-20,22-26,28-29,31-36,38-40,42-67H2,1-3H3/b21-18-,30-27-,41-37-. The third kappa shape index (κ3) is 64.3. The van der Waals surface area contributed by atoms with E-state index in [9.17, 15) is 14.4 Å². The van der Waals surface area contributed by atoms with Crippen molar-refractivity contribution in [2.75, 3.05) is 13.2 Å². The molecule has 0 N–H and O–H groups in total. The van der Waals surface area contributed by atoms with Gasteiger partial charge in [-0.2, -0.15) is 0 Å². The molecule has 0 heterocycles. The van der Waals surface area contributed by atoms with Gasteiger partial charge in [-0.15, -0.1) is 0 Å². The third-order valence-corrected chi connectivity index (χ3v) is 15.6. The first-order valence-corrected chi connectivity index (χ1v) is 34.5. The number of carbonyl (C=O) groups excluding carboxylic acids is 3. The molecule has 0 aromatic carbocycles. The van der Waals surface area contributed by atoms with Gasteiger partial charge in [-0.1, -0.05) is 340 Å². The molecule has 6 heteroatoms. The van der Waals surface area contributed by atoms with E-state index < -0.39 is 6.10 Å². The van der Waals surface area contributed by atoms with Crippen molar-refractivity contribution < 1.29 is 28.6 Å². The zero-order valence-corrected chi connectivity index (χ0v) is 52.0. The summed E-state index contributed by atoms with van der Waals surface area (Å²) in [6, 6.07) is 0. The molecule has 0 aromatic rings. The summed E-state index contributed by atoms with van der Waals surface area (Å²) < 4.78 is 17.0. The first-order chi connectivity index (χ1) is 38.0. The SMILES string of the molecule is CCCCC/C=C\C/C=C\C/C=C\CCCCCCCCC(=O)OC(COC(=O)CCCCCCCCCCCCCCCCCCCCC)COC(=O)CCCCCCCCCCCCCCCCCCCCCCC. The highest BCUT2D eigenvalue weighted by Crippen LogP contribution is 2.18. The molecule has 0 fully saturated rings. The Labute approximate surface area is 480 Å². The topological polar surface area (TPSA) is 78.9 Å². The highest BCUT2D eigenvalue weighted by atomic mass is 16.6. The van der Waals surface area contributed by atoms with Gasteiger partial charge in [0.2, 0.25) is 0 Å². The van der Waals surface area contributed by atoms with Crippen molar-refractivity contribution in [1.29, 1.82) is 0 Å². The van der Waals surface area contributed by atoms with E-state index in [0.29, 0.717) is 19.3 Å². The second-order valence-electron chi connectivity index (χ2n) is 23.5. The van der Waals surface area contributed by atoms with Crippen molar-refractivity contribution >= 4 is 17.9 Å². The van der Waals surface area contributed by atoms with E-state index in [1.807, 2.05) is 0 Å². The molecule has 0 saturated heterocycles. The van der Waals surface area contributed by atoms with Crippen LogP contribution in [0.2, 0.25) is 0 Å². The lowest BCUT2D eigenvalue weighted by Gasteiger charge is -2.18. The van der Waals surface area contributed by atoms with Crippen LogP contribution >= 0.6 is 0 Å². The van der Waals surface area contributed by atoms with Crippen LogP contribution in [0.4, 0.5) is 0 Å². The molecule has 0 aliphatic carbocycles. The smallest absolute Gasteiger partial charge is 0.306 e. The Bertz CT molecular complexity index is 1290. The van der Waals surface area contributed by atoms with Crippen LogP contribution in [-0.4, -0.2) is 37.2 Å². The average Bonchev–Trinajstić information content (AvgIpc) is 3.43. The Hall–Kier alpha value is -2.37. The Morgan fingerprint density at radius 3 is 0.753 bits per heavy atom. The highest BCUT2D eigenvalue weighted by molar-refractivity contribution is 5.71. The lowest BCUT2D eigenvalue weighted by atomic mass is 10.0. The van der Waals surface area contributed by atoms with Crippen LogP contribution in [0.3, 0.4) is 0 Å². The van der Waals surface area contributed by atoms with E-state index in [2.05, 4.69) is 57.2 Å². The molecule has 0 bridgehead atoms. The van der Waals surface area contributed by atoms with E-state index in [-0.39, 0.29) is 31.1 Å². The van der Waals surface area contributed by atoms with Gasteiger partial charge in [0, 0.05) is 19.3 Å². The van der Waals surface area contributed by atoms with Crippen LogP contribution in [0.15, 0.2) is 36.5 Å². The molecule has 0 saturated carbocycles. The summed E-state index contributed by atoms with van der Waals surface area (Å²) in [4.78, 5) is 38.4. The van der Waals surface area contributed by atoms with Crippen LogP contribution < -0.4 is 0 Å². The largest absolute Gasteiger partial charge is 0.462 e. The highest BCUT2D eigenvalue weighted by Gasteiger charge is 2.19. The van der Waals surface area contributed by atoms with Crippen molar-refractivity contribution in [3.8, 4) is 0 Å². The summed E-state index contributed by atoms with van der Waals surface area (Å²) in [5, 5.41) is 0. The first kappa shape index (κ1) is 74.6. The Kier molecular flexibility index (Phi) is 64.1. The van der Waals surface area contributed by atoms with E-state index in [1.165, 1.54) is 263 Å². The molecule has 1 atom stereocenters. The zero-order valence-electron chi connectivity index (χ0n) is 52.0. The number of allylic oxidation sites excluding steroid dienone is 6. The summed E-state index contributed by atoms with van der Waals surface area (Å²) in [5.41, 5.74) is 0. The van der Waals surface area contributed by atoms with Crippen LogP contribution in [0.5, 0.6) is 0 Å². The fraction of sp³-hybridized carbons (Fsp3) is 0.873. The fourth-order valence-corrected chi connectivity index (χ4v) is 10.5. The maximum Gasteiger partial charge on any atom is 0.306 e. The van der Waals surface area contributed by atoms with Gasteiger partial charge < -0.3 is 14.2 Å². The molecule has 1 unspecified atom stereocenters. The number of esters is 3. The zero-order chi connectivity index (χ0) is 55.7. The van der Waals surface area contributed by atoms with Crippen molar-refractivity contribution in [3.05, 3.63) is 36.5 Å². The van der Waals surface area contributed by atoms with E-state index >= 15 is 0 Å². The van der Waals surface area contributed by atoms with Gasteiger partial charge >= 0.3 is 17.9 Å². The molecule has 0 aromatic heterocycles. The normalized spacial score (nSPS) is 12.2. The molecule has 6 nitrogen and oxygen atoms in total. The molecule has 0 spiro atoms. The predicted molar refractivity (Wildman–Crippen MR) is 335 cm³/mol. The van der Waals surface area contributed by atoms with Gasteiger partial charge in [0.1, 0.15) is 13.2 Å². The van der Waals surface area contributed by atoms with E-state index in [0.717, 1.165) is 77.0 Å². The number of hydrogen-bond acceptors (Lipinski definition) is 6. The van der Waals surface area contributed by atoms with Gasteiger partial charge in [0.05, 0.1) is 0 Å².